The van der Waals surface area contributed by atoms with Gasteiger partial charge >= 0.3 is 13.5 Å². The van der Waals surface area contributed by atoms with Gasteiger partial charge in [-0.1, -0.05) is 0 Å². The molecule has 0 radical (unpaired) electrons. The van der Waals surface area contributed by atoms with Gasteiger partial charge in [0, 0.05) is 18.2 Å². The maximum absolute atomic E-state index is 11.9. The fraction of sp³-hybridized carbons (Fsp3) is 0.600. The zero-order chi connectivity index (χ0) is 16.5. The van der Waals surface area contributed by atoms with Gasteiger partial charge in [-0.25, -0.2) is 9.36 Å². The van der Waals surface area contributed by atoms with Gasteiger partial charge in [-0.3, -0.25) is 19.8 Å². The molecule has 1 saturated heterocycles. The molecule has 0 aliphatic carbocycles. The second-order valence-corrected chi connectivity index (χ2v) is 6.03. The van der Waals surface area contributed by atoms with Gasteiger partial charge in [0.05, 0.1) is 12.7 Å². The minimum absolute atomic E-state index is 0.00109. The fourth-order valence-electron chi connectivity index (χ4n) is 2.09. The van der Waals surface area contributed by atoms with Crippen LogP contribution in [0.2, 0.25) is 0 Å². The molecule has 1 aliphatic rings. The zero-order valence-corrected chi connectivity index (χ0v) is 12.4. The molecule has 124 valence electrons. The number of rotatable bonds is 5. The van der Waals surface area contributed by atoms with Gasteiger partial charge in [-0.15, -0.1) is 0 Å². The molecule has 1 aliphatic heterocycles. The van der Waals surface area contributed by atoms with E-state index in [1.807, 2.05) is 0 Å². The largest absolute Gasteiger partial charge is 0.469 e. The van der Waals surface area contributed by atoms with E-state index in [1.165, 1.54) is 6.20 Å². The molecule has 12 heteroatoms. The number of aliphatic hydroxyl groups is 1. The van der Waals surface area contributed by atoms with E-state index in [2.05, 4.69) is 9.51 Å². The van der Waals surface area contributed by atoms with E-state index >= 15 is 0 Å². The fourth-order valence-corrected chi connectivity index (χ4v) is 2.43. The van der Waals surface area contributed by atoms with Crippen LogP contribution in [0.1, 0.15) is 18.2 Å². The van der Waals surface area contributed by atoms with Gasteiger partial charge in [0.25, 0.3) is 0 Å². The van der Waals surface area contributed by atoms with Crippen molar-refractivity contribution >= 4 is 13.6 Å². The van der Waals surface area contributed by atoms with E-state index in [0.29, 0.717) is 5.56 Å². The highest BCUT2D eigenvalue weighted by atomic mass is 31.2. The van der Waals surface area contributed by atoms with Crippen LogP contribution in [0.15, 0.2) is 11.0 Å². The van der Waals surface area contributed by atoms with E-state index < -0.39 is 38.6 Å². The Bertz CT molecular complexity index is 644. The molecule has 2 heterocycles. The highest BCUT2D eigenvalue weighted by Gasteiger charge is 2.37. The van der Waals surface area contributed by atoms with Gasteiger partial charge in [-0.05, 0) is 6.92 Å². The Labute approximate surface area is 124 Å². The molecule has 3 atom stereocenters. The van der Waals surface area contributed by atoms with Crippen molar-refractivity contribution in [3.63, 3.8) is 0 Å². The first kappa shape index (κ1) is 17.0. The van der Waals surface area contributed by atoms with Crippen molar-refractivity contribution in [3.8, 4) is 0 Å². The summed E-state index contributed by atoms with van der Waals surface area (Å²) in [5.74, 6) is 0.00109. The van der Waals surface area contributed by atoms with Gasteiger partial charge in [-0.2, -0.15) is 4.98 Å². The summed E-state index contributed by atoms with van der Waals surface area (Å²) in [5.41, 5.74) is 1.54. The average Bonchev–Trinajstić information content (AvgIpc) is 2.79. The molecular weight excluding hydrogens is 321 g/mol. The van der Waals surface area contributed by atoms with Crippen molar-refractivity contribution < 1.29 is 33.9 Å². The Hall–Kier alpha value is -1.33. The first-order chi connectivity index (χ1) is 10.2. The highest BCUT2D eigenvalue weighted by Crippen LogP contribution is 2.38. The molecule has 1 fully saturated rings. The van der Waals surface area contributed by atoms with Crippen LogP contribution in [0.25, 0.3) is 0 Å². The minimum Gasteiger partial charge on any atom is -0.390 e. The number of nitrogens with zero attached hydrogens (tertiary/aromatic N) is 2. The maximum atomic E-state index is 11.9. The SMILES string of the molecule is Cc1cn([C@H]2C[C@H](O)[C@@H](COP(=O)(O)O)O2)c(=O)nc1NO. The Balaban J connectivity index is 2.14. The number of aryl methyl sites for hydroxylation is 1. The van der Waals surface area contributed by atoms with E-state index in [0.717, 1.165) is 4.57 Å². The quantitative estimate of drug-likeness (QED) is 0.336. The summed E-state index contributed by atoms with van der Waals surface area (Å²) in [6, 6.07) is 0. The maximum Gasteiger partial charge on any atom is 0.469 e. The molecule has 5 N–H and O–H groups in total. The molecule has 0 spiro atoms. The molecule has 0 unspecified atom stereocenters. The third kappa shape index (κ3) is 3.90. The van der Waals surface area contributed by atoms with Crippen LogP contribution in [-0.2, 0) is 13.8 Å². The average molecular weight is 337 g/mol. The van der Waals surface area contributed by atoms with Gasteiger partial charge in [0.15, 0.2) is 5.82 Å². The Morgan fingerprint density at radius 3 is 2.86 bits per heavy atom. The van der Waals surface area contributed by atoms with E-state index in [4.69, 9.17) is 19.7 Å². The van der Waals surface area contributed by atoms with Crippen LogP contribution in [0, 0.1) is 6.92 Å². The summed E-state index contributed by atoms with van der Waals surface area (Å²) in [6.07, 6.45) is -1.48. The lowest BCUT2D eigenvalue weighted by molar-refractivity contribution is -0.0450. The van der Waals surface area contributed by atoms with Crippen molar-refractivity contribution in [1.29, 1.82) is 0 Å². The lowest BCUT2D eigenvalue weighted by atomic mass is 10.2. The second-order valence-electron chi connectivity index (χ2n) is 4.79. The molecule has 11 nitrogen and oxygen atoms in total. The molecule has 1 aromatic heterocycles. The van der Waals surface area contributed by atoms with Crippen LogP contribution in [-0.4, -0.2) is 48.5 Å². The topological polar surface area (TPSA) is 163 Å². The predicted octanol–water partition coefficient (Wildman–Crippen LogP) is -0.889. The summed E-state index contributed by atoms with van der Waals surface area (Å²) in [7, 11) is -4.67. The molecule has 0 saturated carbocycles. The van der Waals surface area contributed by atoms with Crippen molar-refractivity contribution in [2.24, 2.45) is 0 Å². The third-order valence-corrected chi connectivity index (χ3v) is 3.65. The molecule has 2 rings (SSSR count). The molecule has 1 aromatic rings. The number of hydrogen-bond donors (Lipinski definition) is 5. The van der Waals surface area contributed by atoms with E-state index in [9.17, 15) is 14.5 Å². The summed E-state index contributed by atoms with van der Waals surface area (Å²) < 4.78 is 21.5. The number of phosphoric ester groups is 1. The van der Waals surface area contributed by atoms with Crippen LogP contribution in [0.3, 0.4) is 0 Å². The Kier molecular flexibility index (Phi) is 4.97. The zero-order valence-electron chi connectivity index (χ0n) is 11.5. The predicted molar refractivity (Wildman–Crippen MR) is 71.2 cm³/mol. The van der Waals surface area contributed by atoms with Crippen molar-refractivity contribution in [2.75, 3.05) is 12.1 Å². The van der Waals surface area contributed by atoms with Gasteiger partial charge < -0.3 is 19.6 Å². The summed E-state index contributed by atoms with van der Waals surface area (Å²) in [6.45, 7) is 1.08. The third-order valence-electron chi connectivity index (χ3n) is 3.16. The molecular formula is C10H16N3O8P. The number of aliphatic hydroxyl groups excluding tert-OH is 1. The van der Waals surface area contributed by atoms with Crippen LogP contribution >= 0.6 is 7.82 Å². The standard InChI is InChI=1S/C10H16N3O8P/c1-5-3-13(10(15)11-9(5)12-16)8-2-6(14)7(21-8)4-20-22(17,18)19/h3,6-8,14,16H,2,4H2,1H3,(H,11,12,15)(H2,17,18,19)/t6-,7+,8+/m0/s1. The van der Waals surface area contributed by atoms with E-state index in [1.54, 1.807) is 12.4 Å². The number of hydrogen-bond acceptors (Lipinski definition) is 8. The first-order valence-corrected chi connectivity index (χ1v) is 7.78. The van der Waals surface area contributed by atoms with E-state index in [-0.39, 0.29) is 12.2 Å². The number of aromatic nitrogens is 2. The smallest absolute Gasteiger partial charge is 0.390 e. The Morgan fingerprint density at radius 1 is 1.59 bits per heavy atom. The van der Waals surface area contributed by atoms with Crippen LogP contribution < -0.4 is 11.2 Å². The molecule has 22 heavy (non-hydrogen) atoms. The minimum atomic E-state index is -4.67. The molecule has 0 amide bonds. The lowest BCUT2D eigenvalue weighted by Crippen LogP contribution is -2.29. The second kappa shape index (κ2) is 6.42. The van der Waals surface area contributed by atoms with Crippen molar-refractivity contribution in [3.05, 3.63) is 22.2 Å². The first-order valence-electron chi connectivity index (χ1n) is 6.25. The van der Waals surface area contributed by atoms with Crippen molar-refractivity contribution in [1.82, 2.24) is 9.55 Å². The van der Waals surface area contributed by atoms with Crippen LogP contribution in [0.5, 0.6) is 0 Å². The number of phosphoric acid groups is 1. The summed E-state index contributed by atoms with van der Waals surface area (Å²) in [4.78, 5) is 32.7. The van der Waals surface area contributed by atoms with Crippen LogP contribution in [0.4, 0.5) is 5.82 Å². The monoisotopic (exact) mass is 337 g/mol. The lowest BCUT2D eigenvalue weighted by Gasteiger charge is -2.17. The number of anilines is 1. The number of nitrogens with one attached hydrogen (secondary N) is 1. The van der Waals surface area contributed by atoms with Gasteiger partial charge in [0.1, 0.15) is 12.3 Å². The normalized spacial score (nSPS) is 25.4. The number of ether oxygens (including phenoxy) is 1. The molecule has 0 bridgehead atoms. The highest BCUT2D eigenvalue weighted by molar-refractivity contribution is 7.46. The van der Waals surface area contributed by atoms with Crippen molar-refractivity contribution in [2.45, 2.75) is 31.8 Å². The van der Waals surface area contributed by atoms with Gasteiger partial charge in [0.2, 0.25) is 0 Å². The Morgan fingerprint density at radius 2 is 2.27 bits per heavy atom. The summed E-state index contributed by atoms with van der Waals surface area (Å²) in [5, 5.41) is 18.6. The molecule has 0 aromatic carbocycles. The summed E-state index contributed by atoms with van der Waals surface area (Å²) >= 11 is 0.